The van der Waals surface area contributed by atoms with Crippen molar-refractivity contribution in [2.75, 3.05) is 6.54 Å². The van der Waals surface area contributed by atoms with Gasteiger partial charge in [-0.05, 0) is 26.2 Å². The van der Waals surface area contributed by atoms with Crippen LogP contribution in [0, 0.1) is 0 Å². The number of hydrogen-bond acceptors (Lipinski definition) is 4. The highest BCUT2D eigenvalue weighted by molar-refractivity contribution is 5.70. The van der Waals surface area contributed by atoms with Crippen molar-refractivity contribution in [3.8, 4) is 5.88 Å². The number of ether oxygens (including phenoxy) is 1. The molecule has 1 aliphatic rings. The standard InChI is InChI=1S/C11H15N3O2/c1-9-4-2-3-7-14(9)11(15)16-10-8-12-5-6-13-10/h5-6,8-9H,2-4,7H2,1H3. The van der Waals surface area contributed by atoms with Crippen LogP contribution in [0.15, 0.2) is 18.6 Å². The average molecular weight is 221 g/mol. The average Bonchev–Trinajstić information content (AvgIpc) is 2.31. The molecule has 0 bridgehead atoms. The summed E-state index contributed by atoms with van der Waals surface area (Å²) in [4.78, 5) is 21.3. The highest BCUT2D eigenvalue weighted by Gasteiger charge is 2.24. The number of carbonyl (C=O) groups is 1. The summed E-state index contributed by atoms with van der Waals surface area (Å²) in [6, 6.07) is 0.248. The zero-order valence-corrected chi connectivity index (χ0v) is 9.30. The first-order chi connectivity index (χ1) is 7.77. The Balaban J connectivity index is 1.97. The number of aromatic nitrogens is 2. The predicted molar refractivity (Wildman–Crippen MR) is 58.1 cm³/mol. The fourth-order valence-corrected chi connectivity index (χ4v) is 1.86. The minimum atomic E-state index is -0.326. The third kappa shape index (κ3) is 2.48. The third-order valence-electron chi connectivity index (χ3n) is 2.77. The van der Waals surface area contributed by atoms with Crippen molar-refractivity contribution in [1.82, 2.24) is 14.9 Å². The zero-order valence-electron chi connectivity index (χ0n) is 9.30. The van der Waals surface area contributed by atoms with Crippen LogP contribution < -0.4 is 4.74 Å². The van der Waals surface area contributed by atoms with Gasteiger partial charge in [0.2, 0.25) is 5.88 Å². The molecule has 1 aliphatic heterocycles. The molecule has 5 nitrogen and oxygen atoms in total. The van der Waals surface area contributed by atoms with Crippen LogP contribution in [0.4, 0.5) is 4.79 Å². The van der Waals surface area contributed by atoms with E-state index in [0.717, 1.165) is 19.4 Å². The van der Waals surface area contributed by atoms with Crippen molar-refractivity contribution in [2.24, 2.45) is 0 Å². The molecule has 1 aromatic heterocycles. The second-order valence-electron chi connectivity index (χ2n) is 3.95. The molecule has 16 heavy (non-hydrogen) atoms. The van der Waals surface area contributed by atoms with Crippen molar-refractivity contribution in [3.05, 3.63) is 18.6 Å². The summed E-state index contributed by atoms with van der Waals surface area (Å²) in [6.07, 6.45) is 7.41. The van der Waals surface area contributed by atoms with Crippen molar-refractivity contribution in [1.29, 1.82) is 0 Å². The van der Waals surface area contributed by atoms with Crippen LogP contribution in [0.25, 0.3) is 0 Å². The maximum Gasteiger partial charge on any atom is 0.416 e. The number of hydrogen-bond donors (Lipinski definition) is 0. The molecule has 0 aliphatic carbocycles. The lowest BCUT2D eigenvalue weighted by atomic mass is 10.0. The summed E-state index contributed by atoms with van der Waals surface area (Å²) >= 11 is 0. The second kappa shape index (κ2) is 4.92. The Kier molecular flexibility index (Phi) is 3.34. The summed E-state index contributed by atoms with van der Waals surface area (Å²) in [7, 11) is 0. The first-order valence-corrected chi connectivity index (χ1v) is 5.52. The number of piperidine rings is 1. The van der Waals surface area contributed by atoms with E-state index in [1.54, 1.807) is 11.1 Å². The van der Waals surface area contributed by atoms with Crippen LogP contribution >= 0.6 is 0 Å². The Labute approximate surface area is 94.5 Å². The maximum atomic E-state index is 11.8. The Morgan fingerprint density at radius 2 is 2.38 bits per heavy atom. The van der Waals surface area contributed by atoms with E-state index in [0.29, 0.717) is 0 Å². The molecule has 2 heterocycles. The van der Waals surface area contributed by atoms with E-state index in [9.17, 15) is 4.79 Å². The van der Waals surface area contributed by atoms with Gasteiger partial charge < -0.3 is 9.64 Å². The van der Waals surface area contributed by atoms with Gasteiger partial charge in [-0.1, -0.05) is 0 Å². The van der Waals surface area contributed by atoms with E-state index < -0.39 is 0 Å². The first-order valence-electron chi connectivity index (χ1n) is 5.52. The molecule has 0 N–H and O–H groups in total. The summed E-state index contributed by atoms with van der Waals surface area (Å²) in [5.41, 5.74) is 0. The van der Waals surface area contributed by atoms with E-state index in [4.69, 9.17) is 4.74 Å². The molecule has 1 atom stereocenters. The molecule has 1 amide bonds. The van der Waals surface area contributed by atoms with Gasteiger partial charge in [0.15, 0.2) is 0 Å². The number of likely N-dealkylation sites (tertiary alicyclic amines) is 1. The molecular weight excluding hydrogens is 206 g/mol. The number of rotatable bonds is 1. The van der Waals surface area contributed by atoms with Gasteiger partial charge in [0, 0.05) is 25.0 Å². The molecule has 0 saturated carbocycles. The highest BCUT2D eigenvalue weighted by Crippen LogP contribution is 2.17. The minimum Gasteiger partial charge on any atom is -0.389 e. The lowest BCUT2D eigenvalue weighted by molar-refractivity contribution is 0.117. The van der Waals surface area contributed by atoms with E-state index >= 15 is 0 Å². The van der Waals surface area contributed by atoms with E-state index in [-0.39, 0.29) is 18.0 Å². The second-order valence-corrected chi connectivity index (χ2v) is 3.95. The molecule has 1 fully saturated rings. The summed E-state index contributed by atoms with van der Waals surface area (Å²) < 4.78 is 5.14. The molecular formula is C11H15N3O2. The summed E-state index contributed by atoms with van der Waals surface area (Å²) in [5, 5.41) is 0. The van der Waals surface area contributed by atoms with Gasteiger partial charge >= 0.3 is 6.09 Å². The maximum absolute atomic E-state index is 11.8. The molecule has 2 rings (SSSR count). The Bertz CT molecular complexity index is 356. The molecule has 1 saturated heterocycles. The van der Waals surface area contributed by atoms with Crippen LogP contribution in [-0.2, 0) is 0 Å². The van der Waals surface area contributed by atoms with Crippen LogP contribution in [0.3, 0.4) is 0 Å². The van der Waals surface area contributed by atoms with E-state index in [1.165, 1.54) is 18.8 Å². The fourth-order valence-electron chi connectivity index (χ4n) is 1.86. The van der Waals surface area contributed by atoms with E-state index in [2.05, 4.69) is 9.97 Å². The number of nitrogens with zero attached hydrogens (tertiary/aromatic N) is 3. The number of carbonyl (C=O) groups excluding carboxylic acids is 1. The number of amides is 1. The molecule has 86 valence electrons. The topological polar surface area (TPSA) is 55.3 Å². The predicted octanol–water partition coefficient (Wildman–Crippen LogP) is 1.85. The molecule has 0 aromatic carbocycles. The fraction of sp³-hybridized carbons (Fsp3) is 0.545. The quantitative estimate of drug-likeness (QED) is 0.726. The third-order valence-corrected chi connectivity index (χ3v) is 2.77. The molecule has 1 unspecified atom stereocenters. The molecule has 1 aromatic rings. The van der Waals surface area contributed by atoms with Crippen molar-refractivity contribution >= 4 is 6.09 Å². The van der Waals surface area contributed by atoms with Crippen LogP contribution in [0.2, 0.25) is 0 Å². The monoisotopic (exact) mass is 221 g/mol. The Morgan fingerprint density at radius 3 is 3.06 bits per heavy atom. The zero-order chi connectivity index (χ0) is 11.4. The summed E-state index contributed by atoms with van der Waals surface area (Å²) in [6.45, 7) is 2.80. The first kappa shape index (κ1) is 10.9. The van der Waals surface area contributed by atoms with Gasteiger partial charge in [0.1, 0.15) is 0 Å². The van der Waals surface area contributed by atoms with Gasteiger partial charge in [-0.25, -0.2) is 9.78 Å². The molecule has 0 radical (unpaired) electrons. The smallest absolute Gasteiger partial charge is 0.389 e. The van der Waals surface area contributed by atoms with Crippen molar-refractivity contribution in [3.63, 3.8) is 0 Å². The van der Waals surface area contributed by atoms with Gasteiger partial charge in [0.05, 0.1) is 6.20 Å². The normalized spacial score (nSPS) is 20.6. The van der Waals surface area contributed by atoms with Gasteiger partial charge in [-0.2, -0.15) is 0 Å². The lowest BCUT2D eigenvalue weighted by Gasteiger charge is -2.32. The molecule has 5 heteroatoms. The highest BCUT2D eigenvalue weighted by atomic mass is 16.6. The van der Waals surface area contributed by atoms with Crippen LogP contribution in [0.1, 0.15) is 26.2 Å². The molecule has 0 spiro atoms. The minimum absolute atomic E-state index is 0.248. The van der Waals surface area contributed by atoms with E-state index in [1.807, 2.05) is 6.92 Å². The van der Waals surface area contributed by atoms with Gasteiger partial charge in [-0.3, -0.25) is 4.98 Å². The Morgan fingerprint density at radius 1 is 1.50 bits per heavy atom. The SMILES string of the molecule is CC1CCCCN1C(=O)Oc1cnccn1. The summed E-state index contributed by atoms with van der Waals surface area (Å²) in [5.74, 6) is 0.255. The lowest BCUT2D eigenvalue weighted by Crippen LogP contribution is -2.43. The van der Waals surface area contributed by atoms with Crippen molar-refractivity contribution in [2.45, 2.75) is 32.2 Å². The van der Waals surface area contributed by atoms with Crippen LogP contribution in [-0.4, -0.2) is 33.5 Å². The largest absolute Gasteiger partial charge is 0.416 e. The van der Waals surface area contributed by atoms with Crippen molar-refractivity contribution < 1.29 is 9.53 Å². The van der Waals surface area contributed by atoms with Crippen LogP contribution in [0.5, 0.6) is 5.88 Å². The Hall–Kier alpha value is -1.65. The van der Waals surface area contributed by atoms with Gasteiger partial charge in [-0.15, -0.1) is 0 Å². The van der Waals surface area contributed by atoms with Gasteiger partial charge in [0.25, 0.3) is 0 Å².